The van der Waals surface area contributed by atoms with E-state index in [-0.39, 0.29) is 12.6 Å². The molecule has 26 heavy (non-hydrogen) atoms. The van der Waals surface area contributed by atoms with Gasteiger partial charge in [-0.1, -0.05) is 19.1 Å². The summed E-state index contributed by atoms with van der Waals surface area (Å²) in [5.41, 5.74) is 2.18. The number of hydrogen-bond acceptors (Lipinski definition) is 4. The highest BCUT2D eigenvalue weighted by Gasteiger charge is 2.15. The Bertz CT molecular complexity index is 885. The topological polar surface area (TPSA) is 74.0 Å². The van der Waals surface area contributed by atoms with Gasteiger partial charge in [-0.3, -0.25) is 9.48 Å². The molecule has 0 aliphatic heterocycles. The molecule has 2 aromatic heterocycles. The second kappa shape index (κ2) is 8.18. The van der Waals surface area contributed by atoms with Crippen LogP contribution >= 0.6 is 15.9 Å². The van der Waals surface area contributed by atoms with E-state index in [0.29, 0.717) is 22.4 Å². The normalized spacial score (nSPS) is 10.7. The van der Waals surface area contributed by atoms with E-state index in [1.54, 1.807) is 28.0 Å². The minimum Gasteiger partial charge on any atom is -0.471 e. The Morgan fingerprint density at radius 1 is 1.19 bits per heavy atom. The summed E-state index contributed by atoms with van der Waals surface area (Å²) in [5, 5.41) is 11.2. The second-order valence-electron chi connectivity index (χ2n) is 5.67. The fourth-order valence-electron chi connectivity index (χ4n) is 2.36. The third-order valence-corrected chi connectivity index (χ3v) is 4.42. The Kier molecular flexibility index (Phi) is 5.72. The van der Waals surface area contributed by atoms with Crippen LogP contribution in [0.2, 0.25) is 0 Å². The van der Waals surface area contributed by atoms with Crippen molar-refractivity contribution in [3.63, 3.8) is 0 Å². The van der Waals surface area contributed by atoms with Gasteiger partial charge in [-0.2, -0.15) is 10.2 Å². The number of benzene rings is 1. The summed E-state index contributed by atoms with van der Waals surface area (Å²) < 4.78 is 9.66. The van der Waals surface area contributed by atoms with Gasteiger partial charge in [0.05, 0.1) is 22.6 Å². The average Bonchev–Trinajstić information content (AvgIpc) is 3.26. The van der Waals surface area contributed by atoms with Gasteiger partial charge in [-0.05, 0) is 47.0 Å². The molecule has 1 amide bonds. The standard InChI is InChI=1S/C18H20BrN5O2/c1-3-13-5-7-15(8-6-13)26-12-24-10-14(9-20-24)21-18(25)17-16(19)11-23(4-2)22-17/h5-11H,3-4,12H2,1-2H3,(H,21,25). The largest absolute Gasteiger partial charge is 0.471 e. The molecule has 3 rings (SSSR count). The fourth-order valence-corrected chi connectivity index (χ4v) is 2.86. The summed E-state index contributed by atoms with van der Waals surface area (Å²) in [7, 11) is 0. The molecule has 0 fully saturated rings. The molecule has 0 saturated heterocycles. The number of ether oxygens (including phenoxy) is 1. The Labute approximate surface area is 160 Å². The van der Waals surface area contributed by atoms with Crippen LogP contribution in [0.25, 0.3) is 0 Å². The number of rotatable bonds is 7. The minimum absolute atomic E-state index is 0.259. The highest BCUT2D eigenvalue weighted by atomic mass is 79.9. The van der Waals surface area contributed by atoms with E-state index in [4.69, 9.17) is 4.74 Å². The van der Waals surface area contributed by atoms with Crippen LogP contribution in [0.15, 0.2) is 47.3 Å². The molecular weight excluding hydrogens is 398 g/mol. The van der Waals surface area contributed by atoms with E-state index in [2.05, 4.69) is 38.4 Å². The summed E-state index contributed by atoms with van der Waals surface area (Å²) in [6.07, 6.45) is 6.06. The molecule has 3 aromatic rings. The SMILES string of the molecule is CCc1ccc(OCn2cc(NC(=O)c3nn(CC)cc3Br)cn2)cc1. The van der Waals surface area contributed by atoms with E-state index in [0.717, 1.165) is 12.2 Å². The Morgan fingerprint density at radius 3 is 2.62 bits per heavy atom. The van der Waals surface area contributed by atoms with E-state index >= 15 is 0 Å². The van der Waals surface area contributed by atoms with Crippen molar-refractivity contribution in [2.75, 3.05) is 5.32 Å². The number of hydrogen-bond donors (Lipinski definition) is 1. The van der Waals surface area contributed by atoms with Gasteiger partial charge in [0, 0.05) is 12.7 Å². The molecule has 0 atom stereocenters. The molecule has 0 saturated carbocycles. The van der Waals surface area contributed by atoms with Crippen molar-refractivity contribution < 1.29 is 9.53 Å². The van der Waals surface area contributed by atoms with Crippen molar-refractivity contribution >= 4 is 27.5 Å². The predicted molar refractivity (Wildman–Crippen MR) is 102 cm³/mol. The van der Waals surface area contributed by atoms with Gasteiger partial charge in [0.2, 0.25) is 0 Å². The van der Waals surface area contributed by atoms with Crippen molar-refractivity contribution in [2.45, 2.75) is 33.5 Å². The number of aromatic nitrogens is 4. The molecule has 0 aliphatic rings. The summed E-state index contributed by atoms with van der Waals surface area (Å²) >= 11 is 3.35. The van der Waals surface area contributed by atoms with Gasteiger partial charge in [-0.15, -0.1) is 0 Å². The second-order valence-corrected chi connectivity index (χ2v) is 6.53. The molecule has 0 aliphatic carbocycles. The number of carbonyl (C=O) groups is 1. The maximum Gasteiger partial charge on any atom is 0.277 e. The third kappa shape index (κ3) is 4.32. The number of carbonyl (C=O) groups excluding carboxylic acids is 1. The number of nitrogens with one attached hydrogen (secondary N) is 1. The molecule has 1 aromatic carbocycles. The van der Waals surface area contributed by atoms with Crippen LogP contribution in [0.4, 0.5) is 5.69 Å². The van der Waals surface area contributed by atoms with Crippen LogP contribution in [0.1, 0.15) is 29.9 Å². The Morgan fingerprint density at radius 2 is 1.96 bits per heavy atom. The lowest BCUT2D eigenvalue weighted by Gasteiger charge is -2.06. The molecule has 2 heterocycles. The zero-order valence-electron chi connectivity index (χ0n) is 14.6. The Balaban J connectivity index is 1.58. The van der Waals surface area contributed by atoms with Crippen LogP contribution in [0.3, 0.4) is 0 Å². The van der Waals surface area contributed by atoms with Crippen LogP contribution in [0.5, 0.6) is 5.75 Å². The Hall–Kier alpha value is -2.61. The van der Waals surface area contributed by atoms with Gasteiger partial charge in [0.25, 0.3) is 5.91 Å². The number of amides is 1. The van der Waals surface area contributed by atoms with Crippen molar-refractivity contribution in [3.05, 3.63) is 58.6 Å². The van der Waals surface area contributed by atoms with E-state index < -0.39 is 0 Å². The van der Waals surface area contributed by atoms with Gasteiger partial charge in [0.1, 0.15) is 5.75 Å². The van der Waals surface area contributed by atoms with E-state index in [1.165, 1.54) is 5.56 Å². The quantitative estimate of drug-likeness (QED) is 0.635. The highest BCUT2D eigenvalue weighted by molar-refractivity contribution is 9.10. The summed E-state index contributed by atoms with van der Waals surface area (Å²) in [6, 6.07) is 7.95. The fraction of sp³-hybridized carbons (Fsp3) is 0.278. The first-order chi connectivity index (χ1) is 12.6. The first-order valence-corrected chi connectivity index (χ1v) is 9.16. The van der Waals surface area contributed by atoms with Crippen LogP contribution in [-0.2, 0) is 19.7 Å². The zero-order valence-corrected chi connectivity index (χ0v) is 16.2. The summed E-state index contributed by atoms with van der Waals surface area (Å²) in [5.74, 6) is 0.483. The van der Waals surface area contributed by atoms with Crippen LogP contribution in [0, 0.1) is 0 Å². The van der Waals surface area contributed by atoms with E-state index in [1.807, 2.05) is 31.2 Å². The molecule has 0 unspecified atom stereocenters. The van der Waals surface area contributed by atoms with Crippen LogP contribution < -0.4 is 10.1 Å². The molecule has 0 bridgehead atoms. The van der Waals surface area contributed by atoms with Crippen molar-refractivity contribution in [3.8, 4) is 5.75 Å². The zero-order chi connectivity index (χ0) is 18.5. The minimum atomic E-state index is -0.292. The number of aryl methyl sites for hydroxylation is 2. The molecule has 1 N–H and O–H groups in total. The molecule has 0 radical (unpaired) electrons. The van der Waals surface area contributed by atoms with Gasteiger partial charge in [-0.25, -0.2) is 4.68 Å². The maximum atomic E-state index is 12.3. The predicted octanol–water partition coefficient (Wildman–Crippen LogP) is 3.71. The average molecular weight is 418 g/mol. The summed E-state index contributed by atoms with van der Waals surface area (Å²) in [4.78, 5) is 12.3. The first-order valence-electron chi connectivity index (χ1n) is 8.37. The molecular formula is C18H20BrN5O2. The molecule has 7 nitrogen and oxygen atoms in total. The third-order valence-electron chi connectivity index (χ3n) is 3.84. The van der Waals surface area contributed by atoms with E-state index in [9.17, 15) is 4.79 Å². The van der Waals surface area contributed by atoms with Gasteiger partial charge >= 0.3 is 0 Å². The van der Waals surface area contributed by atoms with Crippen molar-refractivity contribution in [2.24, 2.45) is 0 Å². The lowest BCUT2D eigenvalue weighted by molar-refractivity contribution is 0.102. The molecule has 0 spiro atoms. The lowest BCUT2D eigenvalue weighted by atomic mass is 10.2. The summed E-state index contributed by atoms with van der Waals surface area (Å²) in [6.45, 7) is 5.03. The van der Waals surface area contributed by atoms with Crippen molar-refractivity contribution in [1.29, 1.82) is 0 Å². The van der Waals surface area contributed by atoms with Crippen LogP contribution in [-0.4, -0.2) is 25.5 Å². The number of halogens is 1. The number of nitrogens with zero attached hydrogens (tertiary/aromatic N) is 4. The number of anilines is 1. The smallest absolute Gasteiger partial charge is 0.277 e. The van der Waals surface area contributed by atoms with Gasteiger partial charge in [0.15, 0.2) is 12.4 Å². The lowest BCUT2D eigenvalue weighted by Crippen LogP contribution is -2.13. The first kappa shape index (κ1) is 18.2. The monoisotopic (exact) mass is 417 g/mol. The van der Waals surface area contributed by atoms with Crippen molar-refractivity contribution in [1.82, 2.24) is 19.6 Å². The maximum absolute atomic E-state index is 12.3. The molecule has 8 heteroatoms. The van der Waals surface area contributed by atoms with Gasteiger partial charge < -0.3 is 10.1 Å². The molecule has 136 valence electrons. The highest BCUT2D eigenvalue weighted by Crippen LogP contribution is 2.17.